The highest BCUT2D eigenvalue weighted by molar-refractivity contribution is 6.33. The zero-order valence-corrected chi connectivity index (χ0v) is 22.7. The summed E-state index contributed by atoms with van der Waals surface area (Å²) in [6.07, 6.45) is 2.57. The number of carboxylic acid groups (broad SMARTS) is 1. The Balaban J connectivity index is 1.31. The first-order valence-electron chi connectivity index (χ1n) is 12.6. The zero-order chi connectivity index (χ0) is 28.8. The summed E-state index contributed by atoms with van der Waals surface area (Å²) < 4.78 is 44.3. The molecular weight excluding hydrogens is 548 g/mol. The number of nitrogens with zero attached hydrogens (tertiary/aromatic N) is 3. The number of benzene rings is 1. The first-order chi connectivity index (χ1) is 18.9. The molecule has 1 fully saturated rings. The molecule has 4 heterocycles. The number of fused-ring (bicyclic) bond motifs is 2. The first kappa shape index (κ1) is 27.6. The van der Waals surface area contributed by atoms with Crippen molar-refractivity contribution in [1.82, 2.24) is 15.0 Å². The molecule has 5 rings (SSSR count). The molecule has 1 amide bonds. The summed E-state index contributed by atoms with van der Waals surface area (Å²) in [4.78, 5) is 31.0. The predicted molar refractivity (Wildman–Crippen MR) is 139 cm³/mol. The third kappa shape index (κ3) is 5.38. The predicted octanol–water partition coefficient (Wildman–Crippen LogP) is 6.26. The monoisotopic (exact) mass is 573 g/mol. The summed E-state index contributed by atoms with van der Waals surface area (Å²) in [5, 5.41) is 13.4. The minimum absolute atomic E-state index is 0.0180. The lowest BCUT2D eigenvalue weighted by Crippen LogP contribution is -2.48. The molecule has 1 saturated heterocycles. The van der Waals surface area contributed by atoms with Gasteiger partial charge in [0.05, 0.1) is 22.2 Å². The number of carbonyl (C=O) groups is 2. The smallest absolute Gasteiger partial charge is 0.411 e. The van der Waals surface area contributed by atoms with E-state index in [2.05, 4.69) is 10.1 Å². The van der Waals surface area contributed by atoms with Crippen molar-refractivity contribution in [2.45, 2.75) is 64.3 Å². The van der Waals surface area contributed by atoms with E-state index >= 15 is 0 Å². The largest absolute Gasteiger partial charge is 0.478 e. The fourth-order valence-electron chi connectivity index (χ4n) is 5.10. The molecule has 12 heteroatoms. The van der Waals surface area contributed by atoms with E-state index in [1.807, 2.05) is 0 Å². The van der Waals surface area contributed by atoms with Crippen molar-refractivity contribution in [3.05, 3.63) is 70.1 Å². The summed E-state index contributed by atoms with van der Waals surface area (Å²) >= 11 is 5.89. The second-order valence-corrected chi connectivity index (χ2v) is 11.0. The van der Waals surface area contributed by atoms with Crippen LogP contribution in [0.2, 0.25) is 5.02 Å². The summed E-state index contributed by atoms with van der Waals surface area (Å²) in [7, 11) is 0. The summed E-state index contributed by atoms with van der Waals surface area (Å²) in [5.74, 6) is -2.17. The van der Waals surface area contributed by atoms with E-state index < -0.39 is 40.4 Å². The van der Waals surface area contributed by atoms with E-state index in [1.54, 1.807) is 37.8 Å². The van der Waals surface area contributed by atoms with Crippen LogP contribution < -0.4 is 4.74 Å². The van der Waals surface area contributed by atoms with Crippen LogP contribution in [0.4, 0.5) is 13.6 Å². The number of hydrogen-bond acceptors (Lipinski definition) is 7. The van der Waals surface area contributed by atoms with Gasteiger partial charge in [-0.25, -0.2) is 23.4 Å². The van der Waals surface area contributed by atoms with Gasteiger partial charge in [-0.2, -0.15) is 0 Å². The average molecular weight is 574 g/mol. The molecule has 40 heavy (non-hydrogen) atoms. The molecule has 1 aromatic carbocycles. The number of aromatic nitrogens is 2. The standard InChI is InChI=1S/C28H26ClF2N3O6/c1-28(2,3)39-27(37)34-15-5-8-21(34)23(26(35)36)17(10-15)14-4-9-22(32-12-14)38-13-16-11-20(33-40-16)24-18(30)6-7-19(31)25(24)29/h4,6-7,9,11-12,15,21H,5,8,10,13H2,1-3H3,(H,35,36). The lowest BCUT2D eigenvalue weighted by molar-refractivity contribution is -0.133. The summed E-state index contributed by atoms with van der Waals surface area (Å²) in [6.45, 7) is 5.21. The maximum absolute atomic E-state index is 14.2. The quantitative estimate of drug-likeness (QED) is 0.344. The highest BCUT2D eigenvalue weighted by atomic mass is 35.5. The van der Waals surface area contributed by atoms with Crippen LogP contribution in [0.15, 0.2) is 46.6 Å². The highest BCUT2D eigenvalue weighted by Crippen LogP contribution is 2.44. The van der Waals surface area contributed by atoms with Crippen LogP contribution in [0, 0.1) is 11.6 Å². The van der Waals surface area contributed by atoms with Gasteiger partial charge in [0.2, 0.25) is 5.88 Å². The maximum atomic E-state index is 14.2. The minimum atomic E-state index is -1.09. The third-order valence-corrected chi connectivity index (χ3v) is 7.11. The van der Waals surface area contributed by atoms with Gasteiger partial charge in [0.1, 0.15) is 22.9 Å². The maximum Gasteiger partial charge on any atom is 0.411 e. The number of carbonyl (C=O) groups excluding carboxylic acids is 1. The fourth-order valence-corrected chi connectivity index (χ4v) is 5.35. The van der Waals surface area contributed by atoms with E-state index in [9.17, 15) is 23.5 Å². The number of aliphatic carboxylic acids is 1. The Morgan fingerprint density at radius 1 is 1.18 bits per heavy atom. The Kier molecular flexibility index (Phi) is 7.26. The van der Waals surface area contributed by atoms with Crippen LogP contribution in [-0.2, 0) is 16.1 Å². The van der Waals surface area contributed by atoms with Crippen LogP contribution in [0.1, 0.15) is 51.4 Å². The topological polar surface area (TPSA) is 115 Å². The van der Waals surface area contributed by atoms with E-state index in [4.69, 9.17) is 25.6 Å². The molecule has 3 aromatic rings. The normalized spacial score (nSPS) is 18.7. The fraction of sp³-hybridized carbons (Fsp3) is 0.357. The first-order valence-corrected chi connectivity index (χ1v) is 13.0. The Labute approximate surface area is 233 Å². The molecule has 2 aromatic heterocycles. The van der Waals surface area contributed by atoms with Gasteiger partial charge in [-0.1, -0.05) is 16.8 Å². The van der Waals surface area contributed by atoms with Gasteiger partial charge in [0, 0.05) is 24.4 Å². The Morgan fingerprint density at radius 2 is 1.93 bits per heavy atom. The summed E-state index contributed by atoms with van der Waals surface area (Å²) in [6, 6.07) is 5.79. The van der Waals surface area contributed by atoms with Crippen molar-refractivity contribution in [3.63, 3.8) is 0 Å². The van der Waals surface area contributed by atoms with Crippen LogP contribution in [0.25, 0.3) is 16.8 Å². The van der Waals surface area contributed by atoms with Crippen LogP contribution >= 0.6 is 11.6 Å². The molecule has 2 aliphatic heterocycles. The molecule has 2 unspecified atom stereocenters. The van der Waals surface area contributed by atoms with Gasteiger partial charge in [-0.05, 0) is 69.4 Å². The number of rotatable bonds is 6. The average Bonchev–Trinajstić information content (AvgIpc) is 3.47. The zero-order valence-electron chi connectivity index (χ0n) is 21.9. The lowest BCUT2D eigenvalue weighted by atomic mass is 9.89. The van der Waals surface area contributed by atoms with E-state index in [0.717, 1.165) is 12.1 Å². The van der Waals surface area contributed by atoms with Crippen molar-refractivity contribution >= 4 is 29.2 Å². The van der Waals surface area contributed by atoms with Gasteiger partial charge in [-0.3, -0.25) is 4.90 Å². The molecule has 0 radical (unpaired) electrons. The number of carboxylic acids is 1. The third-order valence-electron chi connectivity index (χ3n) is 6.74. The number of pyridine rings is 1. The van der Waals surface area contributed by atoms with Gasteiger partial charge >= 0.3 is 12.1 Å². The lowest BCUT2D eigenvalue weighted by Gasteiger charge is -2.37. The van der Waals surface area contributed by atoms with Crippen molar-refractivity contribution in [2.75, 3.05) is 0 Å². The summed E-state index contributed by atoms with van der Waals surface area (Å²) in [5.41, 5.74) is 0.501. The van der Waals surface area contributed by atoms with Gasteiger partial charge in [-0.15, -0.1) is 0 Å². The Hall–Kier alpha value is -3.99. The van der Waals surface area contributed by atoms with Gasteiger partial charge < -0.3 is 19.1 Å². The van der Waals surface area contributed by atoms with Gasteiger partial charge in [0.25, 0.3) is 0 Å². The van der Waals surface area contributed by atoms with Crippen molar-refractivity contribution in [1.29, 1.82) is 0 Å². The van der Waals surface area contributed by atoms with Crippen LogP contribution in [-0.4, -0.2) is 49.9 Å². The second-order valence-electron chi connectivity index (χ2n) is 10.6. The molecule has 0 spiro atoms. The number of halogens is 3. The molecule has 210 valence electrons. The number of amides is 1. The SMILES string of the molecule is CC(C)(C)OC(=O)N1C2CCC1C(C(=O)O)=C(c1ccc(OCc3cc(-c4c(F)ccc(F)c4Cl)no3)nc1)C2. The van der Waals surface area contributed by atoms with E-state index in [0.29, 0.717) is 30.4 Å². The molecule has 2 bridgehead atoms. The molecule has 0 saturated carbocycles. The minimum Gasteiger partial charge on any atom is -0.478 e. The molecule has 0 aliphatic carbocycles. The van der Waals surface area contributed by atoms with Crippen LogP contribution in [0.5, 0.6) is 5.88 Å². The Bertz CT molecular complexity index is 1500. The highest BCUT2D eigenvalue weighted by Gasteiger charge is 2.47. The Morgan fingerprint density at radius 3 is 2.60 bits per heavy atom. The van der Waals surface area contributed by atoms with Gasteiger partial charge in [0.15, 0.2) is 12.4 Å². The molecular formula is C28H26ClF2N3O6. The van der Waals surface area contributed by atoms with Crippen LogP contribution in [0.3, 0.4) is 0 Å². The van der Waals surface area contributed by atoms with Crippen molar-refractivity contribution in [2.24, 2.45) is 0 Å². The van der Waals surface area contributed by atoms with E-state index in [-0.39, 0.29) is 41.1 Å². The molecule has 2 atom stereocenters. The van der Waals surface area contributed by atoms with Crippen molar-refractivity contribution in [3.8, 4) is 17.1 Å². The van der Waals surface area contributed by atoms with E-state index in [1.165, 1.54) is 12.3 Å². The number of ether oxygens (including phenoxy) is 2. The van der Waals surface area contributed by atoms with Crippen molar-refractivity contribution < 1.29 is 37.5 Å². The molecule has 1 N–H and O–H groups in total. The number of hydrogen-bond donors (Lipinski definition) is 1. The molecule has 9 nitrogen and oxygen atoms in total. The second kappa shape index (κ2) is 10.5. The molecule has 2 aliphatic rings.